The Morgan fingerprint density at radius 3 is 1.87 bits per heavy atom. The number of carboxylic acids is 1. The molecule has 0 saturated carbocycles. The first-order valence-electron chi connectivity index (χ1n) is 14.0. The second-order valence-corrected chi connectivity index (χ2v) is 9.99. The SMILES string of the molecule is N=C(N)c1ccc(C[C@H](C(=O)N[C@@H](CCCN)C(=O)NC(CCCN=C(N)N)C(N)=O)c2ccccc2)cc1.O=C(O)C(F)(F)F. The minimum Gasteiger partial charge on any atom is -0.475 e. The van der Waals surface area contributed by atoms with Crippen molar-refractivity contribution in [2.24, 2.45) is 33.7 Å². The number of guanidine groups is 1. The first-order chi connectivity index (χ1) is 21.6. The summed E-state index contributed by atoms with van der Waals surface area (Å²) in [6.45, 7) is 0.601. The number of amidine groups is 1. The van der Waals surface area contributed by atoms with Crippen molar-refractivity contribution in [3.8, 4) is 0 Å². The van der Waals surface area contributed by atoms with Gasteiger partial charge < -0.3 is 44.4 Å². The Kier molecular flexibility index (Phi) is 16.3. The van der Waals surface area contributed by atoms with Gasteiger partial charge in [-0.25, -0.2) is 4.79 Å². The molecule has 2 aromatic carbocycles. The van der Waals surface area contributed by atoms with Crippen molar-refractivity contribution >= 4 is 35.5 Å². The highest BCUT2D eigenvalue weighted by molar-refractivity contribution is 5.95. The van der Waals surface area contributed by atoms with Gasteiger partial charge in [0.1, 0.15) is 17.9 Å². The Balaban J connectivity index is 0.00000135. The zero-order valence-electron chi connectivity index (χ0n) is 24.9. The molecule has 0 spiro atoms. The number of hydrogen-bond acceptors (Lipinski definition) is 7. The normalized spacial score (nSPS) is 12.7. The minimum atomic E-state index is -5.08. The summed E-state index contributed by atoms with van der Waals surface area (Å²) in [7, 11) is 0. The number of rotatable bonds is 16. The molecule has 252 valence electrons. The van der Waals surface area contributed by atoms with Gasteiger partial charge >= 0.3 is 12.1 Å². The van der Waals surface area contributed by atoms with Crippen LogP contribution in [0.4, 0.5) is 13.2 Å². The maximum Gasteiger partial charge on any atom is 0.490 e. The third-order valence-electron chi connectivity index (χ3n) is 6.40. The number of amides is 3. The van der Waals surface area contributed by atoms with Crippen molar-refractivity contribution in [1.29, 1.82) is 5.41 Å². The molecule has 0 heterocycles. The number of benzene rings is 2. The van der Waals surface area contributed by atoms with E-state index in [0.29, 0.717) is 31.4 Å². The molecule has 0 aliphatic rings. The molecular weight excluding hydrogens is 611 g/mol. The molecule has 0 saturated heterocycles. The number of aliphatic carboxylic acids is 1. The van der Waals surface area contributed by atoms with Gasteiger partial charge in [-0.15, -0.1) is 0 Å². The van der Waals surface area contributed by atoms with E-state index in [4.69, 9.17) is 44.0 Å². The van der Waals surface area contributed by atoms with E-state index in [0.717, 1.165) is 11.1 Å². The van der Waals surface area contributed by atoms with Crippen molar-refractivity contribution in [2.75, 3.05) is 13.1 Å². The number of nitrogens with one attached hydrogen (secondary N) is 3. The van der Waals surface area contributed by atoms with Crippen LogP contribution in [0.15, 0.2) is 59.6 Å². The van der Waals surface area contributed by atoms with Crippen molar-refractivity contribution in [1.82, 2.24) is 10.6 Å². The number of carboxylic acid groups (broad SMARTS) is 1. The number of carbonyl (C=O) groups excluding carboxylic acids is 3. The third kappa shape index (κ3) is 14.5. The molecule has 3 amide bonds. The molecule has 1 unspecified atom stereocenters. The van der Waals surface area contributed by atoms with Crippen LogP contribution in [0.3, 0.4) is 0 Å². The average Bonchev–Trinajstić information content (AvgIpc) is 2.99. The molecule has 0 aliphatic carbocycles. The number of nitrogens with zero attached hydrogens (tertiary/aromatic N) is 1. The molecule has 0 bridgehead atoms. The van der Waals surface area contributed by atoms with Crippen LogP contribution >= 0.6 is 0 Å². The van der Waals surface area contributed by atoms with E-state index in [1.54, 1.807) is 12.1 Å². The van der Waals surface area contributed by atoms with Gasteiger partial charge in [-0.1, -0.05) is 54.6 Å². The lowest BCUT2D eigenvalue weighted by Crippen LogP contribution is -2.53. The summed E-state index contributed by atoms with van der Waals surface area (Å²) in [6.07, 6.45) is -3.31. The molecule has 17 heteroatoms. The fraction of sp³-hybridized carbons (Fsp3) is 0.379. The summed E-state index contributed by atoms with van der Waals surface area (Å²) in [5, 5.41) is 20.2. The van der Waals surface area contributed by atoms with Gasteiger partial charge in [-0.2, -0.15) is 13.2 Å². The largest absolute Gasteiger partial charge is 0.490 e. The number of alkyl halides is 3. The van der Waals surface area contributed by atoms with Crippen LogP contribution in [0.2, 0.25) is 0 Å². The van der Waals surface area contributed by atoms with Crippen LogP contribution in [0, 0.1) is 5.41 Å². The van der Waals surface area contributed by atoms with Gasteiger partial charge in [0, 0.05) is 12.1 Å². The Morgan fingerprint density at radius 1 is 0.848 bits per heavy atom. The van der Waals surface area contributed by atoms with Gasteiger partial charge in [0.2, 0.25) is 17.7 Å². The van der Waals surface area contributed by atoms with Gasteiger partial charge in [0.25, 0.3) is 0 Å². The smallest absolute Gasteiger partial charge is 0.475 e. The quantitative estimate of drug-likeness (QED) is 0.0679. The summed E-state index contributed by atoms with van der Waals surface area (Å²) in [4.78, 5) is 51.5. The molecular formula is C29H40F3N9O5. The van der Waals surface area contributed by atoms with Gasteiger partial charge in [0.15, 0.2) is 5.96 Å². The monoisotopic (exact) mass is 651 g/mol. The molecule has 2 rings (SSSR count). The topological polar surface area (TPSA) is 279 Å². The number of aliphatic imine (C=N–C) groups is 1. The van der Waals surface area contributed by atoms with Crippen LogP contribution in [-0.2, 0) is 25.6 Å². The van der Waals surface area contributed by atoms with Crippen LogP contribution in [-0.4, -0.2) is 71.9 Å². The maximum absolute atomic E-state index is 13.6. The van der Waals surface area contributed by atoms with Crippen LogP contribution in [0.25, 0.3) is 0 Å². The molecule has 0 fully saturated rings. The van der Waals surface area contributed by atoms with Gasteiger partial charge in [0.05, 0.1) is 5.92 Å². The maximum atomic E-state index is 13.6. The van der Waals surface area contributed by atoms with E-state index in [1.807, 2.05) is 42.5 Å². The zero-order chi connectivity index (χ0) is 34.9. The molecule has 3 atom stereocenters. The highest BCUT2D eigenvalue weighted by Crippen LogP contribution is 2.22. The minimum absolute atomic E-state index is 0.0434. The second-order valence-electron chi connectivity index (χ2n) is 9.99. The molecule has 14 N–H and O–H groups in total. The van der Waals surface area contributed by atoms with E-state index < -0.39 is 42.0 Å². The summed E-state index contributed by atoms with van der Waals surface area (Å²) in [5.74, 6) is -5.05. The molecule has 0 aliphatic heterocycles. The van der Waals surface area contributed by atoms with Crippen LogP contribution in [0.5, 0.6) is 0 Å². The fourth-order valence-corrected chi connectivity index (χ4v) is 4.03. The standard InChI is InChI=1S/C27H39N9O3.C2HF3O2/c28-14-4-8-22(26(39)35-21(24(31)37)9-5-15-34-27(32)33)36-25(38)20(18-6-2-1-3-7-18)16-17-10-12-19(13-11-17)23(29)30;3-2(4,5)1(6)7/h1-3,6-7,10-13,20-22H,4-5,8-9,14-16,28H2,(H3,29,30)(H2,31,37)(H,35,39)(H,36,38)(H4,32,33,34);(H,6,7)/t20-,21?,22-;/m0./s1. The molecule has 0 radical (unpaired) electrons. The van der Waals surface area contributed by atoms with E-state index in [-0.39, 0.29) is 37.1 Å². The Bertz CT molecular complexity index is 1340. The number of nitrogen functional groups attached to an aromatic ring is 1. The molecule has 14 nitrogen and oxygen atoms in total. The predicted molar refractivity (Wildman–Crippen MR) is 165 cm³/mol. The number of primary amides is 1. The summed E-state index contributed by atoms with van der Waals surface area (Å²) >= 11 is 0. The summed E-state index contributed by atoms with van der Waals surface area (Å²) in [6, 6.07) is 14.5. The van der Waals surface area contributed by atoms with E-state index in [2.05, 4.69) is 15.6 Å². The molecule has 2 aromatic rings. The van der Waals surface area contributed by atoms with E-state index >= 15 is 0 Å². The highest BCUT2D eigenvalue weighted by Gasteiger charge is 2.38. The lowest BCUT2D eigenvalue weighted by atomic mass is 9.90. The van der Waals surface area contributed by atoms with Crippen molar-refractivity contribution in [3.05, 3.63) is 71.3 Å². The van der Waals surface area contributed by atoms with Crippen molar-refractivity contribution in [2.45, 2.75) is 56.3 Å². The number of carbonyl (C=O) groups is 4. The highest BCUT2D eigenvalue weighted by atomic mass is 19.4. The van der Waals surface area contributed by atoms with E-state index in [1.165, 1.54) is 0 Å². The van der Waals surface area contributed by atoms with Crippen molar-refractivity contribution < 1.29 is 37.5 Å². The molecule has 0 aromatic heterocycles. The first kappa shape index (κ1) is 38.8. The third-order valence-corrected chi connectivity index (χ3v) is 6.40. The van der Waals surface area contributed by atoms with Gasteiger partial charge in [-0.3, -0.25) is 24.8 Å². The van der Waals surface area contributed by atoms with Crippen LogP contribution in [0.1, 0.15) is 48.3 Å². The Labute approximate surface area is 263 Å². The van der Waals surface area contributed by atoms with Crippen LogP contribution < -0.4 is 39.3 Å². The van der Waals surface area contributed by atoms with Crippen molar-refractivity contribution in [3.63, 3.8) is 0 Å². The fourth-order valence-electron chi connectivity index (χ4n) is 4.03. The molecule has 46 heavy (non-hydrogen) atoms. The number of halogens is 3. The van der Waals surface area contributed by atoms with E-state index in [9.17, 15) is 27.6 Å². The predicted octanol–water partition coefficient (Wildman–Crippen LogP) is 0.178. The Morgan fingerprint density at radius 2 is 1.39 bits per heavy atom. The summed E-state index contributed by atoms with van der Waals surface area (Å²) < 4.78 is 31.7. The second kappa shape index (κ2) is 19.3. The number of hydrogen-bond donors (Lipinski definition) is 9. The zero-order valence-corrected chi connectivity index (χ0v) is 24.9. The number of nitrogens with two attached hydrogens (primary N) is 5. The Hall–Kier alpha value is -5.19. The van der Waals surface area contributed by atoms with Gasteiger partial charge in [-0.05, 0) is 49.8 Å². The lowest BCUT2D eigenvalue weighted by Gasteiger charge is -2.24. The summed E-state index contributed by atoms with van der Waals surface area (Å²) in [5.41, 5.74) is 29.6. The lowest BCUT2D eigenvalue weighted by molar-refractivity contribution is -0.192. The average molecular weight is 652 g/mol. The first-order valence-corrected chi connectivity index (χ1v) is 14.0.